The molecule has 1 aliphatic rings. The number of amides is 3. The van der Waals surface area contributed by atoms with Crippen LogP contribution in [0.2, 0.25) is 0 Å². The van der Waals surface area contributed by atoms with Gasteiger partial charge in [-0.15, -0.1) is 0 Å². The topological polar surface area (TPSA) is 88.2 Å². The molecule has 1 N–H and O–H groups in total. The Morgan fingerprint density at radius 3 is 2.14 bits per heavy atom. The maximum Gasteiger partial charge on any atom is 0.270 e. The summed E-state index contributed by atoms with van der Waals surface area (Å²) in [6.07, 6.45) is 1.54. The number of carbonyl (C=O) groups excluding carboxylic acids is 3. The molecule has 8 nitrogen and oxygen atoms in total. The van der Waals surface area contributed by atoms with E-state index in [1.807, 2.05) is 44.2 Å². The molecule has 5 rings (SSSR count). The average molecular weight is 592 g/mol. The van der Waals surface area contributed by atoms with Crippen molar-refractivity contribution in [1.82, 2.24) is 0 Å². The van der Waals surface area contributed by atoms with Crippen LogP contribution in [0.25, 0.3) is 6.08 Å². The van der Waals surface area contributed by atoms with Gasteiger partial charge in [0.05, 0.1) is 24.2 Å². The van der Waals surface area contributed by atoms with Crippen LogP contribution in [0.15, 0.2) is 103 Å². The molecule has 0 bridgehead atoms. The van der Waals surface area contributed by atoms with Crippen molar-refractivity contribution in [1.29, 1.82) is 0 Å². The zero-order valence-electron chi connectivity index (χ0n) is 23.9. The van der Waals surface area contributed by atoms with Crippen LogP contribution in [0.5, 0.6) is 11.5 Å². The lowest BCUT2D eigenvalue weighted by Crippen LogP contribution is -2.57. The molecule has 9 heteroatoms. The molecular formula is C34H29N3O5S. The molecule has 1 saturated heterocycles. The molecular weight excluding hydrogens is 562 g/mol. The largest absolute Gasteiger partial charge is 0.495 e. The Hall–Kier alpha value is -5.28. The third-order valence-corrected chi connectivity index (χ3v) is 7.32. The second-order valence-electron chi connectivity index (χ2n) is 9.83. The van der Waals surface area contributed by atoms with Crippen molar-refractivity contribution in [2.24, 2.45) is 0 Å². The number of hydrogen-bond acceptors (Lipinski definition) is 6. The highest BCUT2D eigenvalue weighted by atomic mass is 32.1. The van der Waals surface area contributed by atoms with E-state index in [2.05, 4.69) is 5.32 Å². The van der Waals surface area contributed by atoms with E-state index in [1.165, 1.54) is 23.0 Å². The number of aryl methyl sites for hydroxylation is 2. The summed E-state index contributed by atoms with van der Waals surface area (Å²) >= 11 is 5.71. The minimum absolute atomic E-state index is 0.0412. The zero-order chi connectivity index (χ0) is 30.5. The van der Waals surface area contributed by atoms with Gasteiger partial charge in [0, 0.05) is 0 Å². The van der Waals surface area contributed by atoms with Crippen molar-refractivity contribution in [3.05, 3.63) is 119 Å². The van der Waals surface area contributed by atoms with Crippen LogP contribution in [0, 0.1) is 13.8 Å². The van der Waals surface area contributed by atoms with E-state index in [9.17, 15) is 14.4 Å². The summed E-state index contributed by atoms with van der Waals surface area (Å²) in [5.41, 5.74) is 4.30. The maximum atomic E-state index is 13.8. The van der Waals surface area contributed by atoms with E-state index in [0.29, 0.717) is 34.1 Å². The Morgan fingerprint density at radius 1 is 0.814 bits per heavy atom. The highest BCUT2D eigenvalue weighted by Crippen LogP contribution is 2.31. The molecule has 216 valence electrons. The zero-order valence-corrected chi connectivity index (χ0v) is 24.7. The van der Waals surface area contributed by atoms with Gasteiger partial charge >= 0.3 is 0 Å². The van der Waals surface area contributed by atoms with E-state index in [1.54, 1.807) is 66.7 Å². The fraction of sp³-hybridized carbons (Fsp3) is 0.118. The second-order valence-corrected chi connectivity index (χ2v) is 10.2. The number of carbonyl (C=O) groups is 3. The smallest absolute Gasteiger partial charge is 0.270 e. The number of benzene rings is 4. The van der Waals surface area contributed by atoms with Crippen LogP contribution in [0.3, 0.4) is 0 Å². The number of para-hydroxylation sites is 3. The number of ether oxygens (including phenoxy) is 2. The van der Waals surface area contributed by atoms with Crippen LogP contribution in [-0.4, -0.2) is 36.6 Å². The van der Waals surface area contributed by atoms with Crippen molar-refractivity contribution < 1.29 is 23.9 Å². The van der Waals surface area contributed by atoms with Gasteiger partial charge in [-0.2, -0.15) is 0 Å². The molecule has 0 radical (unpaired) electrons. The van der Waals surface area contributed by atoms with Gasteiger partial charge in [0.2, 0.25) is 0 Å². The number of nitrogens with one attached hydrogen (secondary N) is 1. The lowest BCUT2D eigenvalue weighted by atomic mass is 10.0. The summed E-state index contributed by atoms with van der Waals surface area (Å²) in [5, 5.41) is 2.84. The predicted molar refractivity (Wildman–Crippen MR) is 171 cm³/mol. The monoisotopic (exact) mass is 591 g/mol. The molecule has 0 aromatic heterocycles. The van der Waals surface area contributed by atoms with Crippen molar-refractivity contribution >= 4 is 58.2 Å². The van der Waals surface area contributed by atoms with E-state index in [-0.39, 0.29) is 23.2 Å². The minimum atomic E-state index is -0.519. The SMILES string of the molecule is COc1ccccc1NC(=O)COc1ccc(/C=C2\C(=O)N(c3ccccc3)C(=S)N(c3ccc(C)c(C)c3)C2=O)cc1. The van der Waals surface area contributed by atoms with Gasteiger partial charge in [-0.05, 0) is 97.4 Å². The number of nitrogens with zero attached hydrogens (tertiary/aromatic N) is 2. The van der Waals surface area contributed by atoms with Gasteiger partial charge in [0.1, 0.15) is 17.1 Å². The summed E-state index contributed by atoms with van der Waals surface area (Å²) in [5.74, 6) is -0.393. The van der Waals surface area contributed by atoms with Gasteiger partial charge in [0.15, 0.2) is 11.7 Å². The Labute approximate surface area is 255 Å². The Balaban J connectivity index is 1.38. The first-order valence-electron chi connectivity index (χ1n) is 13.5. The highest BCUT2D eigenvalue weighted by Gasteiger charge is 2.41. The first-order valence-corrected chi connectivity index (χ1v) is 13.9. The average Bonchev–Trinajstić information content (AvgIpc) is 3.01. The number of hydrogen-bond donors (Lipinski definition) is 1. The van der Waals surface area contributed by atoms with Crippen molar-refractivity contribution in [3.8, 4) is 11.5 Å². The number of rotatable bonds is 8. The van der Waals surface area contributed by atoms with Crippen molar-refractivity contribution in [3.63, 3.8) is 0 Å². The molecule has 4 aromatic rings. The summed E-state index contributed by atoms with van der Waals surface area (Å²) in [6, 6.07) is 28.5. The molecule has 43 heavy (non-hydrogen) atoms. The fourth-order valence-corrected chi connectivity index (χ4v) is 4.91. The van der Waals surface area contributed by atoms with Crippen LogP contribution in [0.4, 0.5) is 17.1 Å². The second kappa shape index (κ2) is 12.7. The van der Waals surface area contributed by atoms with E-state index < -0.39 is 11.8 Å². The third kappa shape index (κ3) is 6.32. The molecule has 1 fully saturated rings. The van der Waals surface area contributed by atoms with Gasteiger partial charge < -0.3 is 14.8 Å². The van der Waals surface area contributed by atoms with E-state index >= 15 is 0 Å². The molecule has 0 atom stereocenters. The Kier molecular flexibility index (Phi) is 8.64. The molecule has 0 saturated carbocycles. The molecule has 3 amide bonds. The summed E-state index contributed by atoms with van der Waals surface area (Å²) in [4.78, 5) is 42.7. The molecule has 0 spiro atoms. The Morgan fingerprint density at radius 2 is 1.47 bits per heavy atom. The van der Waals surface area contributed by atoms with Crippen LogP contribution in [-0.2, 0) is 14.4 Å². The first-order chi connectivity index (χ1) is 20.8. The van der Waals surface area contributed by atoms with Crippen LogP contribution < -0.4 is 24.6 Å². The quantitative estimate of drug-likeness (QED) is 0.152. The third-order valence-electron chi connectivity index (χ3n) is 6.95. The molecule has 4 aromatic carbocycles. The fourth-order valence-electron chi connectivity index (χ4n) is 4.54. The van der Waals surface area contributed by atoms with Gasteiger partial charge in [-0.1, -0.05) is 48.5 Å². The number of anilines is 3. The number of methoxy groups -OCH3 is 1. The molecule has 0 aliphatic carbocycles. The van der Waals surface area contributed by atoms with E-state index in [0.717, 1.165) is 11.1 Å². The normalized spacial score (nSPS) is 14.2. The van der Waals surface area contributed by atoms with Crippen LogP contribution >= 0.6 is 12.2 Å². The number of thiocarbonyl (C=S) groups is 1. The Bertz CT molecular complexity index is 1730. The minimum Gasteiger partial charge on any atom is -0.495 e. The molecule has 1 heterocycles. The summed E-state index contributed by atoms with van der Waals surface area (Å²) in [6.45, 7) is 3.73. The summed E-state index contributed by atoms with van der Waals surface area (Å²) in [7, 11) is 1.53. The maximum absolute atomic E-state index is 13.8. The lowest BCUT2D eigenvalue weighted by molar-refractivity contribution is -0.121. The van der Waals surface area contributed by atoms with Gasteiger partial charge in [0.25, 0.3) is 17.7 Å². The predicted octanol–water partition coefficient (Wildman–Crippen LogP) is 6.08. The van der Waals surface area contributed by atoms with E-state index in [4.69, 9.17) is 21.7 Å². The molecule has 0 unspecified atom stereocenters. The summed E-state index contributed by atoms with van der Waals surface area (Å²) < 4.78 is 10.9. The lowest BCUT2D eigenvalue weighted by Gasteiger charge is -2.36. The van der Waals surface area contributed by atoms with Gasteiger partial charge in [-0.25, -0.2) is 0 Å². The van der Waals surface area contributed by atoms with Crippen molar-refractivity contribution in [2.75, 3.05) is 28.8 Å². The van der Waals surface area contributed by atoms with Crippen molar-refractivity contribution in [2.45, 2.75) is 13.8 Å². The standard InChI is InChI=1S/C34H29N3O5S/c1-22-13-16-26(19-23(22)2)37-33(40)28(32(39)36(34(37)43)25-9-5-4-6-10-25)20-24-14-17-27(18-15-24)42-21-31(38)35-29-11-7-8-12-30(29)41-3/h4-20H,21H2,1-3H3,(H,35,38)/b28-20+. The van der Waals surface area contributed by atoms with Gasteiger partial charge in [-0.3, -0.25) is 24.2 Å². The molecule has 1 aliphatic heterocycles. The highest BCUT2D eigenvalue weighted by molar-refractivity contribution is 7.81. The first kappa shape index (κ1) is 29.2. The van der Waals surface area contributed by atoms with Crippen LogP contribution in [0.1, 0.15) is 16.7 Å².